The number of amides is 2. The third kappa shape index (κ3) is 22.5. The van der Waals surface area contributed by atoms with E-state index in [0.717, 1.165) is 6.54 Å². The summed E-state index contributed by atoms with van der Waals surface area (Å²) in [7, 11) is 3.12. The molecule has 0 heterocycles. The largest absolute Gasteiger partial charge is 0.490 e. The first-order valence-corrected chi connectivity index (χ1v) is 16.7. The zero-order chi connectivity index (χ0) is 30.1. The Balaban J connectivity index is 2.24. The van der Waals surface area contributed by atoms with E-state index in [1.807, 2.05) is 36.6 Å². The molecule has 3 N–H and O–H groups in total. The Hall–Kier alpha value is -1.80. The molecule has 41 heavy (non-hydrogen) atoms. The Morgan fingerprint density at radius 1 is 0.951 bits per heavy atom. The average molecular weight is 616 g/mol. The fraction of sp³-hybridized carbons (Fsp3) is 0.655. The molecule has 0 aromatic heterocycles. The molecule has 0 fully saturated rings. The second-order valence-corrected chi connectivity index (χ2v) is 12.2. The molecule has 1 aromatic carbocycles. The summed E-state index contributed by atoms with van der Waals surface area (Å²) in [6.07, 6.45) is 6.19. The van der Waals surface area contributed by atoms with Gasteiger partial charge in [0.2, 0.25) is 11.8 Å². The van der Waals surface area contributed by atoms with Crippen molar-refractivity contribution in [3.8, 4) is 5.75 Å². The molecule has 0 aliphatic heterocycles. The van der Waals surface area contributed by atoms with Gasteiger partial charge in [-0.1, -0.05) is 67.5 Å². The van der Waals surface area contributed by atoms with Gasteiger partial charge in [-0.25, -0.2) is 0 Å². The summed E-state index contributed by atoms with van der Waals surface area (Å²) in [5.74, 6) is 0.782. The van der Waals surface area contributed by atoms with Crippen molar-refractivity contribution in [2.24, 2.45) is 5.92 Å². The molecule has 0 bridgehead atoms. The molecule has 0 unspecified atom stereocenters. The first-order valence-electron chi connectivity index (χ1n) is 14.0. The summed E-state index contributed by atoms with van der Waals surface area (Å²) in [4.78, 5) is 24.1. The van der Waals surface area contributed by atoms with E-state index < -0.39 is 0 Å². The Kier molecular flexibility index (Phi) is 22.5. The number of hydrogen-bond donors (Lipinski definition) is 3. The highest BCUT2D eigenvalue weighted by Crippen LogP contribution is 2.26. The minimum absolute atomic E-state index is 0.00868. The van der Waals surface area contributed by atoms with Gasteiger partial charge in [-0.15, -0.1) is 0 Å². The number of benzene rings is 1. The molecule has 12 heteroatoms. The van der Waals surface area contributed by atoms with E-state index in [-0.39, 0.29) is 30.3 Å². The fourth-order valence-electron chi connectivity index (χ4n) is 3.14. The summed E-state index contributed by atoms with van der Waals surface area (Å²) in [6.45, 7) is 12.5. The first kappa shape index (κ1) is 37.2. The van der Waals surface area contributed by atoms with Crippen LogP contribution in [0.25, 0.3) is 0 Å². The van der Waals surface area contributed by atoms with E-state index in [1.54, 1.807) is 27.7 Å². The molecule has 234 valence electrons. The van der Waals surface area contributed by atoms with Crippen LogP contribution in [0.3, 0.4) is 0 Å². The minimum Gasteiger partial charge on any atom is -0.490 e. The van der Waals surface area contributed by atoms with Crippen molar-refractivity contribution in [1.82, 2.24) is 10.6 Å². The predicted octanol–water partition coefficient (Wildman–Crippen LogP) is 4.12. The fourth-order valence-corrected chi connectivity index (χ4v) is 4.60. The molecule has 1 aromatic rings. The molecule has 0 radical (unpaired) electrons. The Morgan fingerprint density at radius 2 is 1.71 bits per heavy atom. The van der Waals surface area contributed by atoms with Gasteiger partial charge in [0, 0.05) is 30.9 Å². The number of anilines is 1. The van der Waals surface area contributed by atoms with Crippen LogP contribution in [-0.4, -0.2) is 95.5 Å². The van der Waals surface area contributed by atoms with E-state index >= 15 is 0 Å². The van der Waals surface area contributed by atoms with Crippen molar-refractivity contribution in [3.63, 3.8) is 0 Å². The minimum atomic E-state index is -0.227. The molecule has 0 spiro atoms. The van der Waals surface area contributed by atoms with Crippen LogP contribution in [0.15, 0.2) is 36.4 Å². The van der Waals surface area contributed by atoms with Gasteiger partial charge in [0.25, 0.3) is 0 Å². The van der Waals surface area contributed by atoms with Gasteiger partial charge < -0.3 is 39.6 Å². The van der Waals surface area contributed by atoms with Gasteiger partial charge in [-0.3, -0.25) is 9.59 Å². The van der Waals surface area contributed by atoms with Gasteiger partial charge in [-0.05, 0) is 24.3 Å². The smallest absolute Gasteiger partial charge is 0.246 e. The van der Waals surface area contributed by atoms with E-state index in [2.05, 4.69) is 43.6 Å². The normalized spacial score (nSPS) is 12.3. The summed E-state index contributed by atoms with van der Waals surface area (Å²) in [5, 5.41) is 8.93. The van der Waals surface area contributed by atoms with E-state index in [1.165, 1.54) is 0 Å². The van der Waals surface area contributed by atoms with Crippen molar-refractivity contribution < 1.29 is 33.3 Å². The van der Waals surface area contributed by atoms with Crippen molar-refractivity contribution in [2.75, 3.05) is 77.5 Å². The van der Waals surface area contributed by atoms with Gasteiger partial charge in [0.1, 0.15) is 24.4 Å². The van der Waals surface area contributed by atoms with Crippen LogP contribution in [0.2, 0.25) is 0 Å². The second kappa shape index (κ2) is 24.8. The topological polar surface area (TPSA) is 116 Å². The maximum absolute atomic E-state index is 12.3. The van der Waals surface area contributed by atoms with Crippen molar-refractivity contribution in [3.05, 3.63) is 36.4 Å². The molecular formula is C29H49N3O7S2. The highest BCUT2D eigenvalue weighted by Gasteiger charge is 2.12. The van der Waals surface area contributed by atoms with Crippen molar-refractivity contribution in [1.29, 1.82) is 0 Å². The van der Waals surface area contributed by atoms with Crippen LogP contribution < -0.4 is 20.7 Å². The SMILES string of the molecule is CSS[C@@H](COc1cccc(NC(=O)CCOCCOCCNC(C)C)c1)OCCOCC(=O)NC/C=C/C(C)C. The lowest BCUT2D eigenvalue weighted by molar-refractivity contribution is -0.126. The second-order valence-electron chi connectivity index (χ2n) is 9.56. The number of carbonyl (C=O) groups is 2. The number of nitrogens with one attached hydrogen (secondary N) is 3. The number of ether oxygens (including phenoxy) is 5. The monoisotopic (exact) mass is 615 g/mol. The summed E-state index contributed by atoms with van der Waals surface area (Å²) in [6, 6.07) is 7.67. The molecule has 0 aliphatic carbocycles. The molecule has 0 aliphatic rings. The van der Waals surface area contributed by atoms with Crippen LogP contribution in [0, 0.1) is 5.92 Å². The number of allylic oxidation sites excluding steroid dienone is 1. The molecule has 2 amide bonds. The van der Waals surface area contributed by atoms with Gasteiger partial charge in [-0.2, -0.15) is 0 Å². The van der Waals surface area contributed by atoms with E-state index in [9.17, 15) is 9.59 Å². The number of rotatable bonds is 25. The van der Waals surface area contributed by atoms with Crippen LogP contribution in [0.5, 0.6) is 5.75 Å². The van der Waals surface area contributed by atoms with Crippen LogP contribution in [0.1, 0.15) is 34.1 Å². The van der Waals surface area contributed by atoms with Crippen LogP contribution in [0.4, 0.5) is 5.69 Å². The quantitative estimate of drug-likeness (QED) is 0.0642. The molecular weight excluding hydrogens is 566 g/mol. The zero-order valence-corrected chi connectivity index (χ0v) is 26.8. The standard InChI is InChI=1S/C29H49N3O7S2/c1-23(2)8-7-12-31-28(34)21-37-18-19-38-29(41-40-5)22-39-26-10-6-9-25(20-26)32-27(33)11-14-35-16-17-36-15-13-30-24(3)4/h6-10,20,23-24,29-30H,11-19,21-22H2,1-5H3,(H,31,34)(H,32,33)/b8-7+/t29-/m0/s1. The lowest BCUT2D eigenvalue weighted by Crippen LogP contribution is -2.28. The Morgan fingerprint density at radius 3 is 2.44 bits per heavy atom. The number of hydrogen-bond acceptors (Lipinski definition) is 10. The molecule has 0 saturated heterocycles. The van der Waals surface area contributed by atoms with Crippen molar-refractivity contribution >= 4 is 39.1 Å². The lowest BCUT2D eigenvalue weighted by atomic mass is 10.2. The third-order valence-corrected chi connectivity index (χ3v) is 6.96. The van der Waals surface area contributed by atoms with E-state index in [4.69, 9.17) is 23.7 Å². The van der Waals surface area contributed by atoms with Crippen LogP contribution >= 0.6 is 21.6 Å². The average Bonchev–Trinajstić information content (AvgIpc) is 2.92. The highest BCUT2D eigenvalue weighted by molar-refractivity contribution is 8.76. The van der Waals surface area contributed by atoms with Gasteiger partial charge in [0.05, 0.1) is 46.1 Å². The molecule has 1 rings (SSSR count). The maximum Gasteiger partial charge on any atom is 0.246 e. The first-order chi connectivity index (χ1) is 19.8. The predicted molar refractivity (Wildman–Crippen MR) is 169 cm³/mol. The van der Waals surface area contributed by atoms with Gasteiger partial charge in [0.15, 0.2) is 0 Å². The molecule has 0 saturated carbocycles. The van der Waals surface area contributed by atoms with E-state index in [0.29, 0.717) is 76.2 Å². The summed E-state index contributed by atoms with van der Waals surface area (Å²) >= 11 is 0. The van der Waals surface area contributed by atoms with Crippen LogP contribution in [-0.2, 0) is 28.5 Å². The Bertz CT molecular complexity index is 859. The highest BCUT2D eigenvalue weighted by atomic mass is 33.1. The van der Waals surface area contributed by atoms with Gasteiger partial charge >= 0.3 is 0 Å². The summed E-state index contributed by atoms with van der Waals surface area (Å²) in [5.41, 5.74) is 0.421. The number of carbonyl (C=O) groups excluding carboxylic acids is 2. The third-order valence-electron chi connectivity index (χ3n) is 5.05. The summed E-state index contributed by atoms with van der Waals surface area (Å²) < 4.78 is 28.1. The lowest BCUT2D eigenvalue weighted by Gasteiger charge is -2.17. The molecule has 10 nitrogen and oxygen atoms in total. The van der Waals surface area contributed by atoms with Crippen molar-refractivity contribution in [2.45, 2.75) is 45.6 Å². The zero-order valence-electron chi connectivity index (χ0n) is 25.1. The Labute approximate surface area is 253 Å². The maximum atomic E-state index is 12.3. The molecule has 1 atom stereocenters.